The van der Waals surface area contributed by atoms with E-state index in [2.05, 4.69) is 21.3 Å². The van der Waals surface area contributed by atoms with Crippen LogP contribution < -0.4 is 32.7 Å². The first-order valence-corrected chi connectivity index (χ1v) is 15.8. The van der Waals surface area contributed by atoms with Crippen LogP contribution in [0.25, 0.3) is 0 Å². The van der Waals surface area contributed by atoms with Crippen molar-refractivity contribution >= 4 is 35.4 Å². The van der Waals surface area contributed by atoms with Crippen molar-refractivity contribution in [2.75, 3.05) is 19.7 Å². The molecule has 1 fully saturated rings. The Balaban J connectivity index is 1.88. The molecule has 1 aliphatic rings. The number of likely N-dealkylation sites (tertiary alicyclic amines) is 1. The molecule has 0 aliphatic carbocycles. The number of carbonyl (C=O) groups excluding carboxylic acids is 6. The van der Waals surface area contributed by atoms with Gasteiger partial charge in [-0.15, -0.1) is 0 Å². The van der Waals surface area contributed by atoms with Gasteiger partial charge in [0.1, 0.15) is 36.0 Å². The van der Waals surface area contributed by atoms with Crippen molar-refractivity contribution in [2.45, 2.75) is 69.7 Å². The lowest BCUT2D eigenvalue weighted by Crippen LogP contribution is -2.60. The van der Waals surface area contributed by atoms with E-state index in [4.69, 9.17) is 11.5 Å². The van der Waals surface area contributed by atoms with Crippen molar-refractivity contribution in [3.63, 3.8) is 0 Å². The number of hydrogen-bond donors (Lipinski definition) is 8. The van der Waals surface area contributed by atoms with E-state index in [1.54, 1.807) is 56.3 Å². The van der Waals surface area contributed by atoms with E-state index in [0.29, 0.717) is 12.0 Å². The van der Waals surface area contributed by atoms with Gasteiger partial charge in [0.2, 0.25) is 35.4 Å². The second-order valence-electron chi connectivity index (χ2n) is 12.0. The molecule has 0 saturated carbocycles. The van der Waals surface area contributed by atoms with Crippen LogP contribution in [0.5, 0.6) is 5.75 Å². The van der Waals surface area contributed by atoms with Gasteiger partial charge in [-0.05, 0) is 42.0 Å². The molecule has 260 valence electrons. The standard InChI is InChI=1S/C33H45N7O8/c1-19(2)28(29(35)44)39-31(46)24(15-20-7-4-3-5-8-20)37-30(45)23(16-21-10-12-22(42)13-11-21)38-32(47)26-9-6-14-40(26)33(48)25(18-41)36-27(43)17-34/h3-5,7-8,10-13,19,23-26,28,41-42H,6,9,14-18,34H2,1-2H3,(H2,35,44)(H,36,43)(H,37,45)(H,38,47)(H,39,46)/t23-,24-,25-,26-,28-/m0/s1. The smallest absolute Gasteiger partial charge is 0.248 e. The summed E-state index contributed by atoms with van der Waals surface area (Å²) in [5.74, 6) is -4.41. The summed E-state index contributed by atoms with van der Waals surface area (Å²) in [6.07, 6.45) is 0.735. The summed E-state index contributed by atoms with van der Waals surface area (Å²) in [4.78, 5) is 79.4. The zero-order valence-corrected chi connectivity index (χ0v) is 27.1. The maximum atomic E-state index is 13.9. The van der Waals surface area contributed by atoms with Crippen molar-refractivity contribution in [1.29, 1.82) is 0 Å². The van der Waals surface area contributed by atoms with Gasteiger partial charge in [-0.2, -0.15) is 0 Å². The third-order valence-corrected chi connectivity index (χ3v) is 8.04. The molecule has 1 aliphatic heterocycles. The highest BCUT2D eigenvalue weighted by Gasteiger charge is 2.39. The van der Waals surface area contributed by atoms with E-state index in [1.807, 2.05) is 0 Å². The quantitative estimate of drug-likeness (QED) is 0.100. The van der Waals surface area contributed by atoms with Crippen LogP contribution in [0.4, 0.5) is 0 Å². The number of primary amides is 1. The van der Waals surface area contributed by atoms with Crippen LogP contribution in [0.3, 0.4) is 0 Å². The molecule has 15 nitrogen and oxygen atoms in total. The minimum absolute atomic E-state index is 0.00202. The number of nitrogens with one attached hydrogen (secondary N) is 4. The minimum Gasteiger partial charge on any atom is -0.508 e. The molecule has 5 atom stereocenters. The maximum Gasteiger partial charge on any atom is 0.248 e. The summed E-state index contributed by atoms with van der Waals surface area (Å²) in [5, 5.41) is 29.9. The van der Waals surface area contributed by atoms with Gasteiger partial charge >= 0.3 is 0 Å². The summed E-state index contributed by atoms with van der Waals surface area (Å²) in [6.45, 7) is 2.51. The largest absolute Gasteiger partial charge is 0.508 e. The molecule has 0 bridgehead atoms. The Morgan fingerprint density at radius 3 is 1.98 bits per heavy atom. The monoisotopic (exact) mass is 667 g/mol. The predicted molar refractivity (Wildman–Crippen MR) is 175 cm³/mol. The van der Waals surface area contributed by atoms with Gasteiger partial charge in [-0.1, -0.05) is 56.3 Å². The lowest BCUT2D eigenvalue weighted by molar-refractivity contribution is -0.143. The number of aliphatic hydroxyl groups is 1. The lowest BCUT2D eigenvalue weighted by atomic mass is 10.00. The van der Waals surface area contributed by atoms with E-state index < -0.39 is 78.8 Å². The molecule has 1 saturated heterocycles. The fraction of sp³-hybridized carbons (Fsp3) is 0.455. The Morgan fingerprint density at radius 2 is 1.42 bits per heavy atom. The Hall–Kier alpha value is -5.02. The molecule has 15 heteroatoms. The molecule has 0 spiro atoms. The van der Waals surface area contributed by atoms with Gasteiger partial charge in [0.15, 0.2) is 0 Å². The van der Waals surface area contributed by atoms with Crippen LogP contribution in [-0.2, 0) is 41.6 Å². The van der Waals surface area contributed by atoms with Crippen molar-refractivity contribution in [3.8, 4) is 5.75 Å². The van der Waals surface area contributed by atoms with Crippen LogP contribution >= 0.6 is 0 Å². The van der Waals surface area contributed by atoms with E-state index in [-0.39, 0.29) is 37.5 Å². The zero-order chi connectivity index (χ0) is 35.4. The fourth-order valence-electron chi connectivity index (χ4n) is 5.44. The Morgan fingerprint density at radius 1 is 0.833 bits per heavy atom. The first-order valence-electron chi connectivity index (χ1n) is 15.8. The summed E-state index contributed by atoms with van der Waals surface area (Å²) in [5.41, 5.74) is 12.1. The first kappa shape index (κ1) is 37.4. The third-order valence-electron chi connectivity index (χ3n) is 8.04. The average Bonchev–Trinajstić information content (AvgIpc) is 3.56. The summed E-state index contributed by atoms with van der Waals surface area (Å²) in [6, 6.07) is 9.18. The molecular weight excluding hydrogens is 622 g/mol. The van der Waals surface area contributed by atoms with Gasteiger partial charge in [0.05, 0.1) is 13.2 Å². The minimum atomic E-state index is -1.31. The van der Waals surface area contributed by atoms with Crippen LogP contribution in [0, 0.1) is 5.92 Å². The molecule has 48 heavy (non-hydrogen) atoms. The second kappa shape index (κ2) is 17.8. The number of carbonyl (C=O) groups is 6. The number of nitrogens with two attached hydrogens (primary N) is 2. The van der Waals surface area contributed by atoms with E-state index in [9.17, 15) is 39.0 Å². The Labute approximate surface area is 278 Å². The zero-order valence-electron chi connectivity index (χ0n) is 27.1. The van der Waals surface area contributed by atoms with Crippen LogP contribution in [0.15, 0.2) is 54.6 Å². The number of rotatable bonds is 16. The summed E-state index contributed by atoms with van der Waals surface area (Å²) >= 11 is 0. The molecule has 0 aromatic heterocycles. The SMILES string of the molecule is CC(C)[C@H](NC(=O)[C@H](Cc1ccccc1)NC(=O)[C@H](Cc1ccc(O)cc1)NC(=O)[C@@H]1CCCN1C(=O)[C@H](CO)NC(=O)CN)C(N)=O. The highest BCUT2D eigenvalue weighted by molar-refractivity contribution is 5.97. The normalized spacial score (nSPS) is 16.7. The number of hydrogen-bond acceptors (Lipinski definition) is 9. The molecule has 2 aromatic carbocycles. The number of phenolic OH excluding ortho intramolecular Hbond substituents is 1. The van der Waals surface area contributed by atoms with Crippen molar-refractivity contribution in [3.05, 3.63) is 65.7 Å². The molecule has 6 amide bonds. The van der Waals surface area contributed by atoms with E-state index in [0.717, 1.165) is 5.56 Å². The summed E-state index contributed by atoms with van der Waals surface area (Å²) < 4.78 is 0. The number of amides is 6. The van der Waals surface area contributed by atoms with Crippen molar-refractivity contribution < 1.29 is 39.0 Å². The number of nitrogens with zero attached hydrogens (tertiary/aromatic N) is 1. The highest BCUT2D eigenvalue weighted by atomic mass is 16.3. The molecule has 10 N–H and O–H groups in total. The van der Waals surface area contributed by atoms with Gasteiger partial charge in [0, 0.05) is 19.4 Å². The van der Waals surface area contributed by atoms with Crippen LogP contribution in [-0.4, -0.2) is 100 Å². The molecule has 3 rings (SSSR count). The van der Waals surface area contributed by atoms with E-state index in [1.165, 1.54) is 17.0 Å². The van der Waals surface area contributed by atoms with Gasteiger partial charge < -0.3 is 47.8 Å². The second-order valence-corrected chi connectivity index (χ2v) is 12.0. The molecule has 2 aromatic rings. The third kappa shape index (κ3) is 10.5. The Bertz CT molecular complexity index is 1440. The number of aliphatic hydroxyl groups excluding tert-OH is 1. The summed E-state index contributed by atoms with van der Waals surface area (Å²) in [7, 11) is 0. The molecule has 0 radical (unpaired) electrons. The van der Waals surface area contributed by atoms with E-state index >= 15 is 0 Å². The van der Waals surface area contributed by atoms with Crippen molar-refractivity contribution in [1.82, 2.24) is 26.2 Å². The topological polar surface area (TPSA) is 246 Å². The van der Waals surface area contributed by atoms with Gasteiger partial charge in [-0.25, -0.2) is 0 Å². The molecule has 1 heterocycles. The lowest BCUT2D eigenvalue weighted by Gasteiger charge is -2.30. The average molecular weight is 668 g/mol. The van der Waals surface area contributed by atoms with Crippen LogP contribution in [0.2, 0.25) is 0 Å². The van der Waals surface area contributed by atoms with Gasteiger partial charge in [0.25, 0.3) is 0 Å². The van der Waals surface area contributed by atoms with Gasteiger partial charge in [-0.3, -0.25) is 28.8 Å². The molecular formula is C33H45N7O8. The predicted octanol–water partition coefficient (Wildman–Crippen LogP) is -1.80. The molecule has 0 unspecified atom stereocenters. The first-order chi connectivity index (χ1) is 22.8. The fourth-order valence-corrected chi connectivity index (χ4v) is 5.44. The van der Waals surface area contributed by atoms with Crippen molar-refractivity contribution in [2.24, 2.45) is 17.4 Å². The number of benzene rings is 2. The number of phenols is 1. The Kier molecular flexibility index (Phi) is 13.9. The maximum absolute atomic E-state index is 13.9. The van der Waals surface area contributed by atoms with Crippen LogP contribution in [0.1, 0.15) is 37.8 Å². The highest BCUT2D eigenvalue weighted by Crippen LogP contribution is 2.20. The number of aromatic hydroxyl groups is 1.